The van der Waals surface area contributed by atoms with Gasteiger partial charge in [-0.1, -0.05) is 25.3 Å². The van der Waals surface area contributed by atoms with E-state index in [0.29, 0.717) is 29.1 Å². The van der Waals surface area contributed by atoms with Crippen molar-refractivity contribution in [1.29, 1.82) is 5.26 Å². The predicted molar refractivity (Wildman–Crippen MR) is 117 cm³/mol. The monoisotopic (exact) mass is 412 g/mol. The van der Waals surface area contributed by atoms with Gasteiger partial charge in [-0.05, 0) is 43.9 Å². The lowest BCUT2D eigenvalue weighted by Gasteiger charge is -2.30. The van der Waals surface area contributed by atoms with E-state index in [2.05, 4.69) is 33.9 Å². The Hall–Kier alpha value is -2.11. The second-order valence-electron chi connectivity index (χ2n) is 8.16. The van der Waals surface area contributed by atoms with Crippen molar-refractivity contribution in [2.24, 2.45) is 5.92 Å². The molecule has 2 aromatic rings. The first-order valence-corrected chi connectivity index (χ1v) is 11.6. The minimum absolute atomic E-state index is 0.0734. The Morgan fingerprint density at radius 1 is 1.31 bits per heavy atom. The van der Waals surface area contributed by atoms with Gasteiger partial charge in [0.25, 0.3) is 5.56 Å². The molecule has 1 saturated heterocycles. The first kappa shape index (κ1) is 20.2. The zero-order valence-corrected chi connectivity index (χ0v) is 17.9. The molecule has 154 valence electrons. The van der Waals surface area contributed by atoms with Gasteiger partial charge in [-0.2, -0.15) is 10.2 Å². The fraction of sp³-hybridized carbons (Fsp3) is 0.619. The van der Waals surface area contributed by atoms with Gasteiger partial charge >= 0.3 is 0 Å². The second kappa shape index (κ2) is 8.72. The third-order valence-corrected chi connectivity index (χ3v) is 7.19. The highest BCUT2D eigenvalue weighted by molar-refractivity contribution is 7.96. The first-order chi connectivity index (χ1) is 14.1. The number of hydrogen-bond donors (Lipinski definition) is 1. The van der Waals surface area contributed by atoms with Crippen molar-refractivity contribution in [3.8, 4) is 6.07 Å². The maximum Gasteiger partial charge on any atom is 0.256 e. The van der Waals surface area contributed by atoms with Crippen molar-refractivity contribution in [3.63, 3.8) is 0 Å². The Morgan fingerprint density at radius 3 is 2.76 bits per heavy atom. The van der Waals surface area contributed by atoms with E-state index >= 15 is 0 Å². The Labute approximate surface area is 175 Å². The summed E-state index contributed by atoms with van der Waals surface area (Å²) in [7, 11) is 0. The van der Waals surface area contributed by atoms with Gasteiger partial charge in [-0.25, -0.2) is 4.98 Å². The lowest BCUT2D eigenvalue weighted by atomic mass is 10.0. The maximum absolute atomic E-state index is 13.2. The minimum atomic E-state index is -0.0734. The third kappa shape index (κ3) is 4.12. The van der Waals surface area contributed by atoms with Gasteiger partial charge in [0.1, 0.15) is 5.65 Å². The number of nitrogens with one attached hydrogen (secondary N) is 1. The van der Waals surface area contributed by atoms with Gasteiger partial charge in [0.2, 0.25) is 5.95 Å². The molecule has 0 spiro atoms. The number of pyridine rings is 1. The quantitative estimate of drug-likeness (QED) is 0.753. The van der Waals surface area contributed by atoms with Crippen LogP contribution in [0.1, 0.15) is 50.6 Å². The van der Waals surface area contributed by atoms with E-state index in [1.54, 1.807) is 24.2 Å². The number of nitrogens with zero attached hydrogens (tertiary/aromatic N) is 5. The van der Waals surface area contributed by atoms with Gasteiger partial charge in [-0.15, -0.1) is 0 Å². The molecule has 3 heterocycles. The summed E-state index contributed by atoms with van der Waals surface area (Å²) >= 11 is 1.79. The van der Waals surface area contributed by atoms with Crippen LogP contribution in [-0.4, -0.2) is 44.2 Å². The van der Waals surface area contributed by atoms with Gasteiger partial charge < -0.3 is 5.32 Å². The third-order valence-electron chi connectivity index (χ3n) is 6.31. The summed E-state index contributed by atoms with van der Waals surface area (Å²) in [6.07, 6.45) is 9.33. The van der Waals surface area contributed by atoms with E-state index in [1.165, 1.54) is 0 Å². The van der Waals surface area contributed by atoms with Crippen molar-refractivity contribution in [3.05, 3.63) is 28.2 Å². The van der Waals surface area contributed by atoms with Gasteiger partial charge in [-0.3, -0.25) is 13.7 Å². The van der Waals surface area contributed by atoms with Crippen LogP contribution in [0.5, 0.6) is 0 Å². The van der Waals surface area contributed by atoms with Gasteiger partial charge in [0, 0.05) is 42.3 Å². The lowest BCUT2D eigenvalue weighted by molar-refractivity contribution is 0.358. The molecule has 2 unspecified atom stereocenters. The molecule has 1 saturated carbocycles. The number of nitriles is 1. The van der Waals surface area contributed by atoms with Crippen LogP contribution in [-0.2, 0) is 6.42 Å². The molecule has 0 bridgehead atoms. The molecule has 2 aliphatic rings. The van der Waals surface area contributed by atoms with Crippen LogP contribution in [0, 0.1) is 17.2 Å². The molecule has 7 nitrogen and oxygen atoms in total. The molecule has 29 heavy (non-hydrogen) atoms. The molecule has 1 aliphatic carbocycles. The highest BCUT2D eigenvalue weighted by atomic mass is 32.2. The summed E-state index contributed by atoms with van der Waals surface area (Å²) in [6.45, 7) is 4.30. The first-order valence-electron chi connectivity index (χ1n) is 10.4. The van der Waals surface area contributed by atoms with E-state index in [4.69, 9.17) is 10.2 Å². The molecular formula is C21H28N6OS. The molecule has 2 fully saturated rings. The second-order valence-corrected chi connectivity index (χ2v) is 9.04. The number of anilines is 1. The van der Waals surface area contributed by atoms with Crippen molar-refractivity contribution in [1.82, 2.24) is 18.8 Å². The number of hydrogen-bond acceptors (Lipinski definition) is 7. The number of aromatic nitrogens is 3. The van der Waals surface area contributed by atoms with E-state index in [0.717, 1.165) is 50.6 Å². The van der Waals surface area contributed by atoms with Crippen LogP contribution in [0.25, 0.3) is 11.0 Å². The molecule has 8 heteroatoms. The largest absolute Gasteiger partial charge is 0.351 e. The summed E-state index contributed by atoms with van der Waals surface area (Å²) in [5.74, 6) is 1.02. The van der Waals surface area contributed by atoms with Crippen LogP contribution < -0.4 is 10.9 Å². The normalized spacial score (nSPS) is 23.3. The number of fused-ring (bicyclic) bond motifs is 1. The fourth-order valence-corrected chi connectivity index (χ4v) is 5.22. The standard InChI is InChI=1S/C21H28N6OS/c1-14-4-3-5-18(14)27-19-16(12-15(6-9-22)20(27)28)13-23-21(25-19)24-17-7-10-26(29-2)11-8-17/h12-14,17-18H,3-8,10-11H2,1-2H3,(H,23,24,25). The molecule has 0 radical (unpaired) electrons. The molecular weight excluding hydrogens is 384 g/mol. The number of piperidine rings is 1. The smallest absolute Gasteiger partial charge is 0.256 e. The van der Waals surface area contributed by atoms with Crippen LogP contribution in [0.4, 0.5) is 5.95 Å². The molecule has 1 N–H and O–H groups in total. The topological polar surface area (TPSA) is 86.8 Å². The molecule has 2 aromatic heterocycles. The molecule has 0 aromatic carbocycles. The van der Waals surface area contributed by atoms with Crippen molar-refractivity contribution >= 4 is 28.9 Å². The van der Waals surface area contributed by atoms with Crippen molar-refractivity contribution in [2.45, 2.75) is 57.5 Å². The molecule has 1 aliphatic heterocycles. The highest BCUT2D eigenvalue weighted by Crippen LogP contribution is 2.36. The van der Waals surface area contributed by atoms with Crippen molar-refractivity contribution in [2.75, 3.05) is 24.7 Å². The Kier molecular flexibility index (Phi) is 6.07. The SMILES string of the molecule is CSN1CCC(Nc2ncc3cc(CC#N)c(=O)n(C4CCCC4C)c3n2)CC1. The van der Waals surface area contributed by atoms with Crippen molar-refractivity contribution < 1.29 is 0 Å². The summed E-state index contributed by atoms with van der Waals surface area (Å²) in [5, 5.41) is 13.5. The Bertz CT molecular complexity index is 976. The highest BCUT2D eigenvalue weighted by Gasteiger charge is 2.28. The zero-order valence-electron chi connectivity index (χ0n) is 17.1. The predicted octanol–water partition coefficient (Wildman–Crippen LogP) is 3.37. The fourth-order valence-electron chi connectivity index (χ4n) is 4.64. The maximum atomic E-state index is 13.2. The van der Waals surface area contributed by atoms with E-state index in [1.807, 2.05) is 4.57 Å². The average molecular weight is 413 g/mol. The minimum Gasteiger partial charge on any atom is -0.351 e. The van der Waals surface area contributed by atoms with E-state index < -0.39 is 0 Å². The van der Waals surface area contributed by atoms with Gasteiger partial charge in [0.15, 0.2) is 0 Å². The summed E-state index contributed by atoms with van der Waals surface area (Å²) in [4.78, 5) is 22.5. The molecule has 2 atom stereocenters. The summed E-state index contributed by atoms with van der Waals surface area (Å²) in [6, 6.07) is 4.39. The van der Waals surface area contributed by atoms with E-state index in [9.17, 15) is 4.79 Å². The van der Waals surface area contributed by atoms with Crippen LogP contribution in [0.3, 0.4) is 0 Å². The summed E-state index contributed by atoms with van der Waals surface area (Å²) < 4.78 is 4.22. The van der Waals surface area contributed by atoms with Crippen LogP contribution in [0.15, 0.2) is 17.1 Å². The van der Waals surface area contributed by atoms with E-state index in [-0.39, 0.29) is 18.0 Å². The molecule has 4 rings (SSSR count). The lowest BCUT2D eigenvalue weighted by Crippen LogP contribution is -2.36. The van der Waals surface area contributed by atoms with Crippen LogP contribution in [0.2, 0.25) is 0 Å². The van der Waals surface area contributed by atoms with Crippen LogP contribution >= 0.6 is 11.9 Å². The summed E-state index contributed by atoms with van der Waals surface area (Å²) in [5.41, 5.74) is 1.15. The van der Waals surface area contributed by atoms with Gasteiger partial charge in [0.05, 0.1) is 12.5 Å². The number of rotatable bonds is 5. The molecule has 0 amide bonds. The Morgan fingerprint density at radius 2 is 2.10 bits per heavy atom. The average Bonchev–Trinajstić information content (AvgIpc) is 3.15. The Balaban J connectivity index is 1.70. The zero-order chi connectivity index (χ0) is 20.4.